The fourth-order valence-corrected chi connectivity index (χ4v) is 1.68. The summed E-state index contributed by atoms with van der Waals surface area (Å²) in [5, 5.41) is 3.21. The molecule has 0 spiro atoms. The summed E-state index contributed by atoms with van der Waals surface area (Å²) in [5.74, 6) is 0. The minimum absolute atomic E-state index is 0.689. The van der Waals surface area contributed by atoms with E-state index in [0.717, 1.165) is 24.1 Å². The predicted octanol–water partition coefficient (Wildman–Crippen LogP) is 3.17. The van der Waals surface area contributed by atoms with E-state index in [-0.39, 0.29) is 0 Å². The van der Waals surface area contributed by atoms with E-state index >= 15 is 0 Å². The van der Waals surface area contributed by atoms with Gasteiger partial charge >= 0.3 is 0 Å². The highest BCUT2D eigenvalue weighted by atomic mass is 15.1. The summed E-state index contributed by atoms with van der Waals surface area (Å²) in [6.07, 6.45) is 4.17. The summed E-state index contributed by atoms with van der Waals surface area (Å²) in [6.45, 7) is 7.17. The fraction of sp³-hybridized carbons (Fsp3) is 0.375. The average molecular weight is 254 g/mol. The van der Waals surface area contributed by atoms with Gasteiger partial charge in [-0.2, -0.15) is 0 Å². The van der Waals surface area contributed by atoms with Crippen LogP contribution in [0.25, 0.3) is 5.57 Å². The van der Waals surface area contributed by atoms with Gasteiger partial charge in [0, 0.05) is 26.3 Å². The van der Waals surface area contributed by atoms with E-state index < -0.39 is 0 Å². The second-order valence-electron chi connectivity index (χ2n) is 4.83. The molecule has 19 heavy (non-hydrogen) atoms. The number of allylic oxidation sites excluding steroid dienone is 2. The molecule has 0 aliphatic rings. The Kier molecular flexibility index (Phi) is 6.27. The standard InChI is InChI=1S/C16H23BN2/c1-5-6-11-18-12-16(17)13(2)14-7-9-15(10-8-14)19(3)4/h7-10,12,18H,2,5-6,11H2,1,3-4H3/b16-12+. The number of hydrogen-bond acceptors (Lipinski definition) is 2. The highest BCUT2D eigenvalue weighted by Gasteiger charge is 2.01. The van der Waals surface area contributed by atoms with Gasteiger partial charge in [0.15, 0.2) is 0 Å². The van der Waals surface area contributed by atoms with Crippen LogP contribution in [0.15, 0.2) is 42.5 Å². The van der Waals surface area contributed by atoms with Crippen LogP contribution in [0.3, 0.4) is 0 Å². The molecule has 1 aromatic rings. The lowest BCUT2D eigenvalue weighted by Gasteiger charge is -2.14. The first-order valence-electron chi connectivity index (χ1n) is 6.72. The van der Waals surface area contributed by atoms with Crippen molar-refractivity contribution in [3.05, 3.63) is 48.1 Å². The van der Waals surface area contributed by atoms with Crippen LogP contribution in [0.5, 0.6) is 0 Å². The summed E-state index contributed by atoms with van der Waals surface area (Å²) in [5.41, 5.74) is 3.76. The Hall–Kier alpha value is -1.64. The number of hydrogen-bond donors (Lipinski definition) is 1. The third-order valence-electron chi connectivity index (χ3n) is 3.01. The molecular weight excluding hydrogens is 231 g/mol. The second kappa shape index (κ2) is 7.72. The monoisotopic (exact) mass is 254 g/mol. The molecule has 100 valence electrons. The van der Waals surface area contributed by atoms with Crippen LogP contribution in [-0.2, 0) is 0 Å². The number of unbranched alkanes of at least 4 members (excludes halogenated alkanes) is 1. The summed E-state index contributed by atoms with van der Waals surface area (Å²) < 4.78 is 0. The van der Waals surface area contributed by atoms with Gasteiger partial charge in [-0.1, -0.05) is 37.5 Å². The topological polar surface area (TPSA) is 15.3 Å². The van der Waals surface area contributed by atoms with Crippen molar-refractivity contribution in [2.75, 3.05) is 25.5 Å². The molecule has 0 aliphatic heterocycles. The van der Waals surface area contributed by atoms with Gasteiger partial charge in [-0.25, -0.2) is 0 Å². The molecule has 0 saturated heterocycles. The molecular formula is C16H23BN2. The number of nitrogens with zero attached hydrogens (tertiary/aromatic N) is 1. The molecule has 1 aromatic carbocycles. The molecule has 2 radical (unpaired) electrons. The molecule has 2 nitrogen and oxygen atoms in total. The maximum Gasteiger partial charge on any atom is 0.116 e. The lowest BCUT2D eigenvalue weighted by atomic mass is 9.86. The smallest absolute Gasteiger partial charge is 0.116 e. The van der Waals surface area contributed by atoms with E-state index in [2.05, 4.69) is 35.9 Å². The van der Waals surface area contributed by atoms with Crippen LogP contribution in [0, 0.1) is 0 Å². The Balaban J connectivity index is 2.66. The Labute approximate surface area is 118 Å². The first kappa shape index (κ1) is 15.4. The van der Waals surface area contributed by atoms with Crippen LogP contribution in [0.1, 0.15) is 25.3 Å². The number of nitrogens with one attached hydrogen (secondary N) is 1. The lowest BCUT2D eigenvalue weighted by molar-refractivity contribution is 0.735. The molecule has 0 aromatic heterocycles. The van der Waals surface area contributed by atoms with E-state index in [1.165, 1.54) is 12.1 Å². The first-order valence-corrected chi connectivity index (χ1v) is 6.72. The molecule has 0 unspecified atom stereocenters. The van der Waals surface area contributed by atoms with Gasteiger partial charge in [-0.15, -0.1) is 0 Å². The van der Waals surface area contributed by atoms with Crippen LogP contribution in [0.2, 0.25) is 0 Å². The number of benzene rings is 1. The van der Waals surface area contributed by atoms with Crippen molar-refractivity contribution < 1.29 is 0 Å². The van der Waals surface area contributed by atoms with Crippen LogP contribution >= 0.6 is 0 Å². The van der Waals surface area contributed by atoms with Crippen LogP contribution in [-0.4, -0.2) is 28.5 Å². The van der Waals surface area contributed by atoms with Gasteiger partial charge in [0.1, 0.15) is 7.85 Å². The van der Waals surface area contributed by atoms with Gasteiger partial charge < -0.3 is 10.2 Å². The third kappa shape index (κ3) is 4.86. The largest absolute Gasteiger partial charge is 0.391 e. The third-order valence-corrected chi connectivity index (χ3v) is 3.01. The van der Waals surface area contributed by atoms with Gasteiger partial charge in [-0.3, -0.25) is 0 Å². The van der Waals surface area contributed by atoms with Gasteiger partial charge in [0.2, 0.25) is 0 Å². The molecule has 0 amide bonds. The molecule has 1 N–H and O–H groups in total. The minimum atomic E-state index is 0.689. The number of anilines is 1. The van der Waals surface area contributed by atoms with E-state index in [1.54, 1.807) is 0 Å². The normalized spacial score (nSPS) is 11.2. The van der Waals surface area contributed by atoms with Crippen molar-refractivity contribution in [2.24, 2.45) is 0 Å². The minimum Gasteiger partial charge on any atom is -0.391 e. The predicted molar refractivity (Wildman–Crippen MR) is 86.6 cm³/mol. The van der Waals surface area contributed by atoms with E-state index in [9.17, 15) is 0 Å². The fourth-order valence-electron chi connectivity index (χ4n) is 1.68. The van der Waals surface area contributed by atoms with Crippen molar-refractivity contribution in [2.45, 2.75) is 19.8 Å². The maximum absolute atomic E-state index is 6.02. The Morgan fingerprint density at radius 1 is 1.32 bits per heavy atom. The quantitative estimate of drug-likeness (QED) is 0.456. The van der Waals surface area contributed by atoms with E-state index in [4.69, 9.17) is 7.85 Å². The summed E-state index contributed by atoms with van der Waals surface area (Å²) in [6, 6.07) is 8.23. The molecule has 0 atom stereocenters. The first-order chi connectivity index (χ1) is 9.06. The van der Waals surface area contributed by atoms with Gasteiger partial charge in [-0.05, 0) is 35.9 Å². The van der Waals surface area contributed by atoms with Crippen molar-refractivity contribution in [1.82, 2.24) is 5.32 Å². The Morgan fingerprint density at radius 2 is 1.95 bits per heavy atom. The summed E-state index contributed by atoms with van der Waals surface area (Å²) in [7, 11) is 10.1. The summed E-state index contributed by atoms with van der Waals surface area (Å²) in [4.78, 5) is 2.07. The average Bonchev–Trinajstić information content (AvgIpc) is 2.42. The lowest BCUT2D eigenvalue weighted by Crippen LogP contribution is -2.09. The molecule has 0 heterocycles. The zero-order chi connectivity index (χ0) is 14.3. The van der Waals surface area contributed by atoms with Crippen molar-refractivity contribution in [3.8, 4) is 0 Å². The Bertz CT molecular complexity index is 433. The molecule has 1 rings (SSSR count). The molecule has 0 aliphatic carbocycles. The zero-order valence-corrected chi connectivity index (χ0v) is 12.2. The van der Waals surface area contributed by atoms with Crippen molar-refractivity contribution in [3.63, 3.8) is 0 Å². The SMILES string of the molecule is [B]/C(=C/NCCCC)C(=C)c1ccc(N(C)C)cc1. The number of rotatable bonds is 7. The summed E-state index contributed by atoms with van der Waals surface area (Å²) >= 11 is 0. The highest BCUT2D eigenvalue weighted by molar-refractivity contribution is 6.30. The molecule has 0 fully saturated rings. The highest BCUT2D eigenvalue weighted by Crippen LogP contribution is 2.21. The zero-order valence-electron chi connectivity index (χ0n) is 12.2. The van der Waals surface area contributed by atoms with Gasteiger partial charge in [0.05, 0.1) is 0 Å². The van der Waals surface area contributed by atoms with Crippen molar-refractivity contribution >= 4 is 19.1 Å². The van der Waals surface area contributed by atoms with Gasteiger partial charge in [0.25, 0.3) is 0 Å². The molecule has 0 saturated carbocycles. The Morgan fingerprint density at radius 3 is 2.47 bits per heavy atom. The second-order valence-corrected chi connectivity index (χ2v) is 4.83. The van der Waals surface area contributed by atoms with E-state index in [1.807, 2.05) is 32.4 Å². The van der Waals surface area contributed by atoms with Crippen molar-refractivity contribution in [1.29, 1.82) is 0 Å². The molecule has 3 heteroatoms. The van der Waals surface area contributed by atoms with Crippen LogP contribution < -0.4 is 10.2 Å². The van der Waals surface area contributed by atoms with E-state index in [0.29, 0.717) is 5.47 Å². The maximum atomic E-state index is 6.02. The van der Waals surface area contributed by atoms with Crippen LogP contribution in [0.4, 0.5) is 5.69 Å². The molecule has 0 bridgehead atoms.